The van der Waals surface area contributed by atoms with Gasteiger partial charge in [-0.05, 0) is 19.1 Å². The van der Waals surface area contributed by atoms with Gasteiger partial charge in [0.15, 0.2) is 0 Å². The fourth-order valence-corrected chi connectivity index (χ4v) is 1.57. The van der Waals surface area contributed by atoms with Crippen LogP contribution in [0.5, 0.6) is 0 Å². The van der Waals surface area contributed by atoms with Crippen LogP contribution in [-0.4, -0.2) is 29.8 Å². The molecule has 1 N–H and O–H groups in total. The van der Waals surface area contributed by atoms with Gasteiger partial charge in [0, 0.05) is 11.9 Å². The molecule has 0 atom stereocenters. The summed E-state index contributed by atoms with van der Waals surface area (Å²) in [6.07, 6.45) is 5.40. The van der Waals surface area contributed by atoms with Crippen molar-refractivity contribution in [3.8, 4) is 0 Å². The van der Waals surface area contributed by atoms with Crippen molar-refractivity contribution in [1.82, 2.24) is 5.32 Å². The van der Waals surface area contributed by atoms with E-state index in [-0.39, 0.29) is 5.91 Å². The maximum Gasteiger partial charge on any atom is 0.229 e. The van der Waals surface area contributed by atoms with Crippen LogP contribution in [0.1, 0.15) is 19.3 Å². The second kappa shape index (κ2) is 9.39. The number of amides is 1. The molecule has 0 heterocycles. The van der Waals surface area contributed by atoms with Crippen molar-refractivity contribution in [3.63, 3.8) is 0 Å². The third-order valence-electron chi connectivity index (χ3n) is 1.41. The molecule has 2 nitrogen and oxygen atoms in total. The summed E-state index contributed by atoms with van der Waals surface area (Å²) in [4.78, 5) is 10.9. The largest absolute Gasteiger partial charge is 0.355 e. The molecule has 0 fully saturated rings. The Balaban J connectivity index is 3.03. The van der Waals surface area contributed by atoms with Crippen LogP contribution in [0.4, 0.5) is 0 Å². The van der Waals surface area contributed by atoms with E-state index in [9.17, 15) is 4.79 Å². The van der Waals surface area contributed by atoms with E-state index in [4.69, 9.17) is 0 Å². The Hall–Kier alpha value is 0.300. The lowest BCUT2D eigenvalue weighted by Gasteiger charge is -2.02. The fraction of sp³-hybridized carbons (Fsp3) is 0.875. The normalized spacial score (nSPS) is 9.83. The van der Waals surface area contributed by atoms with Gasteiger partial charge in [0.25, 0.3) is 0 Å². The van der Waals surface area contributed by atoms with Crippen molar-refractivity contribution in [3.05, 3.63) is 0 Å². The van der Waals surface area contributed by atoms with Crippen LogP contribution in [0.3, 0.4) is 0 Å². The molecule has 1 amide bonds. The molecule has 0 saturated heterocycles. The summed E-state index contributed by atoms with van der Waals surface area (Å²) in [6.45, 7) is 0.826. The Bertz CT molecular complexity index is 122. The van der Waals surface area contributed by atoms with E-state index < -0.39 is 0 Å². The minimum Gasteiger partial charge on any atom is -0.355 e. The third-order valence-corrected chi connectivity index (χ3v) is 2.52. The second-order valence-corrected chi connectivity index (χ2v) is 4.19. The Morgan fingerprint density at radius 2 is 2.17 bits per heavy atom. The number of carbonyl (C=O) groups is 1. The van der Waals surface area contributed by atoms with E-state index in [1.807, 2.05) is 6.26 Å². The number of halogens is 1. The van der Waals surface area contributed by atoms with Crippen LogP contribution < -0.4 is 5.32 Å². The van der Waals surface area contributed by atoms with Crippen LogP contribution >= 0.6 is 27.7 Å². The number of rotatable bonds is 7. The highest BCUT2D eigenvalue weighted by Gasteiger charge is 1.96. The summed E-state index contributed by atoms with van der Waals surface area (Å²) in [5, 5.41) is 3.93. The summed E-state index contributed by atoms with van der Waals surface area (Å²) in [6, 6.07) is 0. The molecule has 0 unspecified atom stereocenters. The Kier molecular flexibility index (Phi) is 9.62. The molecule has 12 heavy (non-hydrogen) atoms. The van der Waals surface area contributed by atoms with E-state index in [0.717, 1.165) is 18.3 Å². The molecule has 0 spiro atoms. The third kappa shape index (κ3) is 8.40. The van der Waals surface area contributed by atoms with Crippen LogP contribution in [0, 0.1) is 0 Å². The molecule has 4 heteroatoms. The van der Waals surface area contributed by atoms with Crippen molar-refractivity contribution >= 4 is 33.6 Å². The number of hydrogen-bond donors (Lipinski definition) is 1. The number of hydrogen-bond acceptors (Lipinski definition) is 2. The fourth-order valence-electron chi connectivity index (χ4n) is 0.806. The predicted octanol–water partition coefficient (Wildman–Crippen LogP) is 2.03. The number of thioether (sulfide) groups is 1. The monoisotopic (exact) mass is 253 g/mol. The molecule has 0 aliphatic carbocycles. The first kappa shape index (κ1) is 12.3. The van der Waals surface area contributed by atoms with Gasteiger partial charge in [0.05, 0.1) is 5.75 Å². The Morgan fingerprint density at radius 3 is 2.75 bits per heavy atom. The zero-order valence-corrected chi connectivity index (χ0v) is 9.84. The van der Waals surface area contributed by atoms with Gasteiger partial charge < -0.3 is 5.32 Å². The van der Waals surface area contributed by atoms with E-state index in [1.54, 1.807) is 11.8 Å². The smallest absolute Gasteiger partial charge is 0.229 e. The molecule has 0 radical (unpaired) electrons. The minimum absolute atomic E-state index is 0.154. The highest BCUT2D eigenvalue weighted by molar-refractivity contribution is 9.09. The SMILES string of the molecule is CSCC(=O)NCCCCCBr. The van der Waals surface area contributed by atoms with Gasteiger partial charge in [-0.1, -0.05) is 22.4 Å². The lowest BCUT2D eigenvalue weighted by atomic mass is 10.2. The molecule has 0 aromatic heterocycles. The van der Waals surface area contributed by atoms with Crippen LogP contribution in [0.2, 0.25) is 0 Å². The second-order valence-electron chi connectivity index (χ2n) is 2.53. The van der Waals surface area contributed by atoms with Gasteiger partial charge in [-0.3, -0.25) is 4.79 Å². The van der Waals surface area contributed by atoms with Gasteiger partial charge in [0.1, 0.15) is 0 Å². The minimum atomic E-state index is 0.154. The molecule has 0 aromatic rings. The first-order valence-corrected chi connectivity index (χ1v) is 6.64. The summed E-state index contributed by atoms with van der Waals surface area (Å²) < 4.78 is 0. The van der Waals surface area contributed by atoms with E-state index in [2.05, 4.69) is 21.2 Å². The van der Waals surface area contributed by atoms with Crippen LogP contribution in [0.25, 0.3) is 0 Å². The average molecular weight is 254 g/mol. The molecule has 72 valence electrons. The maximum absolute atomic E-state index is 10.9. The summed E-state index contributed by atoms with van der Waals surface area (Å²) in [5.74, 6) is 0.736. The highest BCUT2D eigenvalue weighted by atomic mass is 79.9. The standard InChI is InChI=1S/C8H16BrNOS/c1-12-7-8(11)10-6-4-2-3-5-9/h2-7H2,1H3,(H,10,11). The van der Waals surface area contributed by atoms with Gasteiger partial charge in [-0.15, -0.1) is 0 Å². The predicted molar refractivity (Wildman–Crippen MR) is 59.0 cm³/mol. The van der Waals surface area contributed by atoms with E-state index >= 15 is 0 Å². The lowest BCUT2D eigenvalue weighted by molar-refractivity contribution is -0.118. The number of carbonyl (C=O) groups excluding carboxylic acids is 1. The Morgan fingerprint density at radius 1 is 1.42 bits per heavy atom. The summed E-state index contributed by atoms with van der Waals surface area (Å²) in [7, 11) is 0. The van der Waals surface area contributed by atoms with Gasteiger partial charge in [-0.25, -0.2) is 0 Å². The van der Waals surface area contributed by atoms with Crippen molar-refractivity contribution in [2.75, 3.05) is 23.9 Å². The molecule has 0 rings (SSSR count). The molecule has 0 aromatic carbocycles. The zero-order valence-electron chi connectivity index (χ0n) is 7.44. The quantitative estimate of drug-likeness (QED) is 0.556. The van der Waals surface area contributed by atoms with Crippen molar-refractivity contribution in [2.45, 2.75) is 19.3 Å². The molecule has 0 saturated carbocycles. The van der Waals surface area contributed by atoms with Crippen LogP contribution in [-0.2, 0) is 4.79 Å². The van der Waals surface area contributed by atoms with Crippen LogP contribution in [0.15, 0.2) is 0 Å². The first-order chi connectivity index (χ1) is 5.81. The van der Waals surface area contributed by atoms with Gasteiger partial charge in [-0.2, -0.15) is 11.8 Å². The van der Waals surface area contributed by atoms with E-state index in [1.165, 1.54) is 12.8 Å². The number of nitrogens with one attached hydrogen (secondary N) is 1. The Labute approximate surface area is 87.0 Å². The highest BCUT2D eigenvalue weighted by Crippen LogP contribution is 1.97. The number of unbranched alkanes of at least 4 members (excludes halogenated alkanes) is 2. The van der Waals surface area contributed by atoms with Gasteiger partial charge >= 0.3 is 0 Å². The maximum atomic E-state index is 10.9. The summed E-state index contributed by atoms with van der Waals surface area (Å²) >= 11 is 4.92. The molecule has 0 aliphatic heterocycles. The topological polar surface area (TPSA) is 29.1 Å². The first-order valence-electron chi connectivity index (χ1n) is 4.13. The molecular formula is C8H16BrNOS. The van der Waals surface area contributed by atoms with Gasteiger partial charge in [0.2, 0.25) is 5.91 Å². The van der Waals surface area contributed by atoms with Crippen molar-refractivity contribution in [1.29, 1.82) is 0 Å². The van der Waals surface area contributed by atoms with E-state index in [0.29, 0.717) is 5.75 Å². The van der Waals surface area contributed by atoms with Crippen molar-refractivity contribution in [2.24, 2.45) is 0 Å². The molecular weight excluding hydrogens is 238 g/mol. The summed E-state index contributed by atoms with van der Waals surface area (Å²) in [5.41, 5.74) is 0. The number of alkyl halides is 1. The molecule has 0 aliphatic rings. The molecule has 0 bridgehead atoms. The van der Waals surface area contributed by atoms with Crippen molar-refractivity contribution < 1.29 is 4.79 Å². The average Bonchev–Trinajstić information content (AvgIpc) is 2.05. The lowest BCUT2D eigenvalue weighted by Crippen LogP contribution is -2.25. The zero-order chi connectivity index (χ0) is 9.23.